The van der Waals surface area contributed by atoms with Gasteiger partial charge in [0.15, 0.2) is 0 Å². The number of anilines is 3. The van der Waals surface area contributed by atoms with Crippen molar-refractivity contribution in [2.24, 2.45) is 0 Å². The molecule has 0 radical (unpaired) electrons. The maximum absolute atomic E-state index is 9.22. The van der Waals surface area contributed by atoms with Gasteiger partial charge in [0.1, 0.15) is 23.8 Å². The van der Waals surface area contributed by atoms with E-state index in [0.717, 1.165) is 30.5 Å². The quantitative estimate of drug-likeness (QED) is 0.842. The number of pyridine rings is 1. The molecule has 4 heterocycles. The summed E-state index contributed by atoms with van der Waals surface area (Å²) < 4.78 is 0. The van der Waals surface area contributed by atoms with Crippen LogP contribution in [-0.2, 0) is 5.41 Å². The Labute approximate surface area is 147 Å². The largest absolute Gasteiger partial charge is 0.353 e. The van der Waals surface area contributed by atoms with Crippen LogP contribution in [0.2, 0.25) is 0 Å². The Morgan fingerprint density at radius 1 is 1.24 bits per heavy atom. The van der Waals surface area contributed by atoms with Crippen molar-refractivity contribution in [3.63, 3.8) is 0 Å². The second-order valence-corrected chi connectivity index (χ2v) is 7.46. The van der Waals surface area contributed by atoms with Crippen LogP contribution in [0.1, 0.15) is 43.7 Å². The van der Waals surface area contributed by atoms with Crippen LogP contribution < -0.4 is 9.80 Å². The summed E-state index contributed by atoms with van der Waals surface area (Å²) in [5, 5.41) is 9.22. The van der Waals surface area contributed by atoms with E-state index in [-0.39, 0.29) is 5.41 Å². The summed E-state index contributed by atoms with van der Waals surface area (Å²) in [4.78, 5) is 18.4. The van der Waals surface area contributed by atoms with Gasteiger partial charge in [0, 0.05) is 36.3 Å². The van der Waals surface area contributed by atoms with Crippen molar-refractivity contribution in [1.29, 1.82) is 5.26 Å². The van der Waals surface area contributed by atoms with Crippen molar-refractivity contribution in [2.75, 3.05) is 22.9 Å². The third kappa shape index (κ3) is 1.98. The molecule has 0 N–H and O–H groups in total. The third-order valence-electron chi connectivity index (χ3n) is 6.11. The van der Waals surface area contributed by atoms with Gasteiger partial charge in [-0.05, 0) is 38.3 Å². The molecule has 1 saturated heterocycles. The Kier molecular flexibility index (Phi) is 3.02. The minimum atomic E-state index is 0.144. The minimum Gasteiger partial charge on any atom is -0.353 e. The fourth-order valence-corrected chi connectivity index (χ4v) is 4.39. The first-order valence-corrected chi connectivity index (χ1v) is 8.98. The molecular weight excluding hydrogens is 312 g/mol. The van der Waals surface area contributed by atoms with E-state index in [1.807, 2.05) is 6.07 Å². The van der Waals surface area contributed by atoms with Crippen LogP contribution >= 0.6 is 0 Å². The molecule has 2 aliphatic heterocycles. The Balaban J connectivity index is 1.65. The van der Waals surface area contributed by atoms with Crippen molar-refractivity contribution in [3.05, 3.63) is 35.8 Å². The lowest BCUT2D eigenvalue weighted by atomic mass is 9.66. The number of nitriles is 1. The first-order valence-electron chi connectivity index (χ1n) is 8.98. The fraction of sp³-hybridized carbons (Fsp3) is 0.474. The highest BCUT2D eigenvalue weighted by molar-refractivity contribution is 5.75. The molecule has 0 unspecified atom stereocenters. The van der Waals surface area contributed by atoms with Crippen molar-refractivity contribution < 1.29 is 0 Å². The Morgan fingerprint density at radius 3 is 2.72 bits per heavy atom. The number of nitrogens with zero attached hydrogens (tertiary/aromatic N) is 6. The average Bonchev–Trinajstić information content (AvgIpc) is 2.97. The summed E-state index contributed by atoms with van der Waals surface area (Å²) in [6.07, 6.45) is 8.22. The van der Waals surface area contributed by atoms with E-state index in [0.29, 0.717) is 11.6 Å². The molecular formula is C19H20N6. The number of aromatic nitrogens is 3. The average molecular weight is 332 g/mol. The first kappa shape index (κ1) is 14.6. The molecule has 1 spiro atoms. The van der Waals surface area contributed by atoms with Gasteiger partial charge in [-0.1, -0.05) is 6.42 Å². The summed E-state index contributed by atoms with van der Waals surface area (Å²) in [7, 11) is 0. The molecule has 0 aromatic carbocycles. The molecule has 25 heavy (non-hydrogen) atoms. The Morgan fingerprint density at radius 2 is 2.08 bits per heavy atom. The van der Waals surface area contributed by atoms with Gasteiger partial charge >= 0.3 is 0 Å². The second-order valence-electron chi connectivity index (χ2n) is 7.46. The minimum absolute atomic E-state index is 0.144. The maximum Gasteiger partial charge on any atom is 0.143 e. The normalized spacial score (nSPS) is 23.0. The molecule has 0 bridgehead atoms. The highest BCUT2D eigenvalue weighted by Gasteiger charge is 2.51. The van der Waals surface area contributed by atoms with Crippen LogP contribution in [0.5, 0.6) is 0 Å². The van der Waals surface area contributed by atoms with Gasteiger partial charge in [-0.15, -0.1) is 0 Å². The fourth-order valence-electron chi connectivity index (χ4n) is 4.39. The molecule has 2 aromatic rings. The monoisotopic (exact) mass is 332 g/mol. The van der Waals surface area contributed by atoms with Gasteiger partial charge in [-0.3, -0.25) is 0 Å². The first-order chi connectivity index (χ1) is 12.2. The zero-order chi connectivity index (χ0) is 17.0. The molecule has 2 fully saturated rings. The summed E-state index contributed by atoms with van der Waals surface area (Å²) in [5.41, 5.74) is 2.08. The zero-order valence-corrected chi connectivity index (χ0v) is 14.3. The second kappa shape index (κ2) is 5.16. The maximum atomic E-state index is 9.22. The van der Waals surface area contributed by atoms with E-state index in [2.05, 4.69) is 37.7 Å². The Bertz CT molecular complexity index is 882. The molecule has 3 aliphatic rings. The molecule has 126 valence electrons. The van der Waals surface area contributed by atoms with Crippen molar-refractivity contribution >= 4 is 17.5 Å². The lowest BCUT2D eigenvalue weighted by Gasteiger charge is -2.44. The summed E-state index contributed by atoms with van der Waals surface area (Å²) in [6, 6.07) is 6.36. The highest BCUT2D eigenvalue weighted by atomic mass is 15.3. The van der Waals surface area contributed by atoms with Crippen LogP contribution in [0.3, 0.4) is 0 Å². The van der Waals surface area contributed by atoms with E-state index in [4.69, 9.17) is 0 Å². The van der Waals surface area contributed by atoms with Crippen LogP contribution in [-0.4, -0.2) is 34.1 Å². The van der Waals surface area contributed by atoms with Crippen LogP contribution in [0.25, 0.3) is 0 Å². The van der Waals surface area contributed by atoms with Crippen LogP contribution in [0.15, 0.2) is 24.7 Å². The van der Waals surface area contributed by atoms with Crippen LogP contribution in [0.4, 0.5) is 17.5 Å². The van der Waals surface area contributed by atoms with Gasteiger partial charge < -0.3 is 9.80 Å². The third-order valence-corrected chi connectivity index (χ3v) is 6.11. The topological polar surface area (TPSA) is 68.9 Å². The lowest BCUT2D eigenvalue weighted by Crippen LogP contribution is -2.48. The van der Waals surface area contributed by atoms with E-state index in [1.54, 1.807) is 18.6 Å². The highest BCUT2D eigenvalue weighted by Crippen LogP contribution is 2.56. The van der Waals surface area contributed by atoms with Gasteiger partial charge in [0.05, 0.1) is 11.6 Å². The molecule has 5 rings (SSSR count). The lowest BCUT2D eigenvalue weighted by molar-refractivity contribution is 0.265. The summed E-state index contributed by atoms with van der Waals surface area (Å²) in [5.74, 6) is 2.90. The predicted molar refractivity (Wildman–Crippen MR) is 94.9 cm³/mol. The van der Waals surface area contributed by atoms with Gasteiger partial charge in [0.2, 0.25) is 0 Å². The zero-order valence-electron chi connectivity index (χ0n) is 14.3. The van der Waals surface area contributed by atoms with Gasteiger partial charge in [0.25, 0.3) is 0 Å². The molecule has 1 saturated carbocycles. The van der Waals surface area contributed by atoms with Crippen molar-refractivity contribution in [3.8, 4) is 6.07 Å². The van der Waals surface area contributed by atoms with E-state index in [1.165, 1.54) is 31.2 Å². The number of hydrogen-bond acceptors (Lipinski definition) is 6. The number of hydrogen-bond donors (Lipinski definition) is 0. The molecule has 6 nitrogen and oxygen atoms in total. The summed E-state index contributed by atoms with van der Waals surface area (Å²) in [6.45, 7) is 4.22. The summed E-state index contributed by atoms with van der Waals surface area (Å²) >= 11 is 0. The van der Waals surface area contributed by atoms with Crippen molar-refractivity contribution in [2.45, 2.75) is 44.1 Å². The van der Waals surface area contributed by atoms with Gasteiger partial charge in [-0.25, -0.2) is 15.0 Å². The van der Waals surface area contributed by atoms with Crippen LogP contribution in [0, 0.1) is 11.3 Å². The van der Waals surface area contributed by atoms with E-state index < -0.39 is 0 Å². The number of fused-ring (bicyclic) bond motifs is 2. The van der Waals surface area contributed by atoms with E-state index >= 15 is 0 Å². The van der Waals surface area contributed by atoms with Crippen molar-refractivity contribution in [1.82, 2.24) is 15.0 Å². The molecule has 2 aromatic heterocycles. The smallest absolute Gasteiger partial charge is 0.143 e. The van der Waals surface area contributed by atoms with Gasteiger partial charge in [-0.2, -0.15) is 5.26 Å². The standard InChI is InChI=1S/C19H20N6/c1-13-4-8-24(13)17-16-18(23-12-22-17)25(11-19(16)5-2-6-19)15-9-14(10-20)3-7-21-15/h3,7,9,12-13H,2,4-6,8,11H2,1H3/t13-/m1/s1. The molecule has 0 amide bonds. The number of rotatable bonds is 2. The SMILES string of the molecule is C[C@@H]1CCN1c1ncnc2c1C1(CCC1)CN2c1cc(C#N)ccn1. The predicted octanol–water partition coefficient (Wildman–Crippen LogP) is 2.92. The Hall–Kier alpha value is -2.68. The molecule has 1 aliphatic carbocycles. The van der Waals surface area contributed by atoms with E-state index in [9.17, 15) is 5.26 Å². The molecule has 1 atom stereocenters. The molecule has 6 heteroatoms.